The summed E-state index contributed by atoms with van der Waals surface area (Å²) < 4.78 is 5.03. The van der Waals surface area contributed by atoms with E-state index in [1.54, 1.807) is 11.4 Å². The van der Waals surface area contributed by atoms with Gasteiger partial charge in [0.2, 0.25) is 0 Å². The second kappa shape index (κ2) is 5.70. The van der Waals surface area contributed by atoms with E-state index in [1.807, 2.05) is 12.1 Å². The summed E-state index contributed by atoms with van der Waals surface area (Å²) in [6, 6.07) is 5.35. The Morgan fingerprint density at radius 1 is 1.44 bits per heavy atom. The molecule has 0 saturated carbocycles. The van der Waals surface area contributed by atoms with E-state index in [0.29, 0.717) is 18.8 Å². The summed E-state index contributed by atoms with van der Waals surface area (Å²) in [5.74, 6) is 0.601. The molecule has 3 N–H and O–H groups in total. The first-order valence-corrected chi connectivity index (χ1v) is 6.31. The Hall–Kier alpha value is -1.79. The number of nitrogens with one attached hydrogen (secondary N) is 2. The molecule has 0 aliphatic rings. The van der Waals surface area contributed by atoms with E-state index in [1.165, 1.54) is 7.11 Å². The van der Waals surface area contributed by atoms with Gasteiger partial charge in [0.25, 0.3) is 0 Å². The Bertz CT molecular complexity index is 577. The molecule has 0 atom stereocenters. The summed E-state index contributed by atoms with van der Waals surface area (Å²) in [6.07, 6.45) is 0. The number of aromatic hydroxyl groups is 1. The number of hydrogen-bond acceptors (Lipinski definition) is 5. The molecule has 6 heteroatoms. The highest BCUT2D eigenvalue weighted by Crippen LogP contribution is 2.29. The van der Waals surface area contributed by atoms with Crippen LogP contribution in [0.25, 0.3) is 0 Å². The van der Waals surface area contributed by atoms with Crippen LogP contribution in [0.5, 0.6) is 11.5 Å². The maximum Gasteiger partial charge on any atom is 0.304 e. The second-order valence-electron chi connectivity index (χ2n) is 3.74. The number of benzene rings is 1. The average Bonchev–Trinajstić information content (AvgIpc) is 2.77. The molecule has 0 radical (unpaired) electrons. The van der Waals surface area contributed by atoms with Gasteiger partial charge in [0.15, 0.2) is 11.5 Å². The lowest BCUT2D eigenvalue weighted by Crippen LogP contribution is -2.14. The van der Waals surface area contributed by atoms with Gasteiger partial charge in [0, 0.05) is 29.7 Å². The molecule has 1 aromatic heterocycles. The van der Waals surface area contributed by atoms with Crippen molar-refractivity contribution < 1.29 is 9.84 Å². The molecule has 0 saturated heterocycles. The predicted molar refractivity (Wildman–Crippen MR) is 70.1 cm³/mol. The highest BCUT2D eigenvalue weighted by molar-refractivity contribution is 7.07. The fourth-order valence-corrected chi connectivity index (χ4v) is 2.19. The Kier molecular flexibility index (Phi) is 4.01. The van der Waals surface area contributed by atoms with Gasteiger partial charge in [-0.1, -0.05) is 23.5 Å². The molecule has 0 aliphatic carbocycles. The Morgan fingerprint density at radius 2 is 2.28 bits per heavy atom. The molecular weight excluding hydrogens is 252 g/mol. The van der Waals surface area contributed by atoms with Gasteiger partial charge in [-0.3, -0.25) is 4.79 Å². The van der Waals surface area contributed by atoms with E-state index >= 15 is 0 Å². The maximum atomic E-state index is 10.9. The van der Waals surface area contributed by atoms with Gasteiger partial charge in [-0.05, 0) is 6.07 Å². The molecule has 5 nitrogen and oxygen atoms in total. The third-order valence-corrected chi connectivity index (χ3v) is 3.22. The summed E-state index contributed by atoms with van der Waals surface area (Å²) in [5, 5.41) is 14.8. The van der Waals surface area contributed by atoms with E-state index in [9.17, 15) is 9.90 Å². The number of para-hydroxylation sites is 1. The number of methoxy groups -OCH3 is 1. The average molecular weight is 266 g/mol. The van der Waals surface area contributed by atoms with Crippen LogP contribution in [-0.2, 0) is 13.1 Å². The molecule has 2 aromatic rings. The number of rotatable bonds is 5. The van der Waals surface area contributed by atoms with Gasteiger partial charge in [-0.15, -0.1) is 0 Å². The lowest BCUT2D eigenvalue weighted by atomic mass is 10.2. The number of ether oxygens (including phenoxy) is 1. The van der Waals surface area contributed by atoms with Gasteiger partial charge in [-0.25, -0.2) is 0 Å². The van der Waals surface area contributed by atoms with Crippen molar-refractivity contribution in [1.29, 1.82) is 0 Å². The zero-order valence-corrected chi connectivity index (χ0v) is 10.7. The number of aromatic nitrogens is 1. The topological polar surface area (TPSA) is 74.3 Å². The smallest absolute Gasteiger partial charge is 0.304 e. The molecular formula is C12H14N2O3S. The molecule has 2 rings (SSSR count). The number of H-pyrrole nitrogens is 1. The number of phenolic OH excluding ortho intramolecular Hbond substituents is 1. The largest absolute Gasteiger partial charge is 0.504 e. The lowest BCUT2D eigenvalue weighted by molar-refractivity contribution is 0.369. The lowest BCUT2D eigenvalue weighted by Gasteiger charge is -2.09. The summed E-state index contributed by atoms with van der Waals surface area (Å²) in [4.78, 5) is 13.6. The van der Waals surface area contributed by atoms with Crippen molar-refractivity contribution in [2.24, 2.45) is 0 Å². The van der Waals surface area contributed by atoms with Gasteiger partial charge in [0.05, 0.1) is 7.11 Å². The molecule has 18 heavy (non-hydrogen) atoms. The predicted octanol–water partition coefficient (Wildman–Crippen LogP) is 1.44. The van der Waals surface area contributed by atoms with Gasteiger partial charge in [0.1, 0.15) is 0 Å². The highest BCUT2D eigenvalue weighted by atomic mass is 32.1. The van der Waals surface area contributed by atoms with Gasteiger partial charge >= 0.3 is 4.87 Å². The van der Waals surface area contributed by atoms with E-state index in [0.717, 1.165) is 22.6 Å². The molecule has 0 spiro atoms. The van der Waals surface area contributed by atoms with Crippen molar-refractivity contribution in [3.8, 4) is 11.5 Å². The Labute approximate surface area is 108 Å². The van der Waals surface area contributed by atoms with Gasteiger partial charge < -0.3 is 20.1 Å². The molecule has 0 fully saturated rings. The first kappa shape index (κ1) is 12.7. The minimum Gasteiger partial charge on any atom is -0.504 e. The van der Waals surface area contributed by atoms with E-state index in [2.05, 4.69) is 10.3 Å². The second-order valence-corrected chi connectivity index (χ2v) is 4.59. The van der Waals surface area contributed by atoms with Crippen LogP contribution >= 0.6 is 11.3 Å². The van der Waals surface area contributed by atoms with Crippen LogP contribution in [0, 0.1) is 0 Å². The maximum absolute atomic E-state index is 10.9. The summed E-state index contributed by atoms with van der Waals surface area (Å²) in [5.41, 5.74) is 1.60. The van der Waals surface area contributed by atoms with E-state index in [-0.39, 0.29) is 10.6 Å². The normalized spacial score (nSPS) is 10.5. The van der Waals surface area contributed by atoms with Crippen LogP contribution in [0.2, 0.25) is 0 Å². The highest BCUT2D eigenvalue weighted by Gasteiger charge is 2.06. The summed E-state index contributed by atoms with van der Waals surface area (Å²) in [6.45, 7) is 1.05. The standard InChI is InChI=1S/C12H14N2O3S/c1-17-10-4-2-3-8(11(10)15)5-13-6-9-7-18-12(16)14-9/h2-4,7,13,15H,5-6H2,1H3,(H,14,16). The molecule has 0 amide bonds. The van der Waals surface area contributed by atoms with Crippen LogP contribution < -0.4 is 14.9 Å². The Balaban J connectivity index is 1.96. The number of aromatic amines is 1. The molecule has 1 heterocycles. The van der Waals surface area contributed by atoms with Crippen LogP contribution in [-0.4, -0.2) is 17.2 Å². The third kappa shape index (κ3) is 2.91. The fraction of sp³-hybridized carbons (Fsp3) is 0.250. The first-order chi connectivity index (χ1) is 8.70. The van der Waals surface area contributed by atoms with Crippen LogP contribution in [0.1, 0.15) is 11.3 Å². The van der Waals surface area contributed by atoms with Crippen molar-refractivity contribution in [1.82, 2.24) is 10.3 Å². The van der Waals surface area contributed by atoms with Crippen molar-refractivity contribution in [2.45, 2.75) is 13.1 Å². The van der Waals surface area contributed by atoms with Crippen molar-refractivity contribution >= 4 is 11.3 Å². The van der Waals surface area contributed by atoms with Crippen molar-refractivity contribution in [2.75, 3.05) is 7.11 Å². The van der Waals surface area contributed by atoms with Gasteiger partial charge in [-0.2, -0.15) is 0 Å². The number of thiazole rings is 1. The third-order valence-electron chi connectivity index (χ3n) is 2.50. The fourth-order valence-electron chi connectivity index (χ4n) is 1.61. The summed E-state index contributed by atoms with van der Waals surface area (Å²) in [7, 11) is 1.52. The van der Waals surface area contributed by atoms with Crippen LogP contribution in [0.15, 0.2) is 28.4 Å². The first-order valence-electron chi connectivity index (χ1n) is 5.43. The minimum absolute atomic E-state index is 0.0592. The number of phenols is 1. The zero-order chi connectivity index (χ0) is 13.0. The van der Waals surface area contributed by atoms with Crippen LogP contribution in [0.3, 0.4) is 0 Å². The minimum atomic E-state index is -0.0592. The Morgan fingerprint density at radius 3 is 2.94 bits per heavy atom. The van der Waals surface area contributed by atoms with Crippen LogP contribution in [0.4, 0.5) is 0 Å². The monoisotopic (exact) mass is 266 g/mol. The zero-order valence-electron chi connectivity index (χ0n) is 9.90. The molecule has 96 valence electrons. The molecule has 0 aliphatic heterocycles. The van der Waals surface area contributed by atoms with E-state index in [4.69, 9.17) is 4.74 Å². The molecule has 0 unspecified atom stereocenters. The molecule has 1 aromatic carbocycles. The van der Waals surface area contributed by atoms with E-state index < -0.39 is 0 Å². The molecule has 0 bridgehead atoms. The summed E-state index contributed by atoms with van der Waals surface area (Å²) >= 11 is 1.14. The quantitative estimate of drug-likeness (QED) is 0.765. The number of hydrogen-bond donors (Lipinski definition) is 3. The van der Waals surface area contributed by atoms with Crippen molar-refractivity contribution in [3.05, 3.63) is 44.5 Å². The SMILES string of the molecule is COc1cccc(CNCc2csc(=O)[nH]2)c1O. The van der Waals surface area contributed by atoms with Crippen molar-refractivity contribution in [3.63, 3.8) is 0 Å².